The monoisotopic (exact) mass is 200 g/mol. The van der Waals surface area contributed by atoms with Gasteiger partial charge < -0.3 is 15.4 Å². The van der Waals surface area contributed by atoms with Gasteiger partial charge in [-0.2, -0.15) is 0 Å². The van der Waals surface area contributed by atoms with Gasteiger partial charge in [0.1, 0.15) is 0 Å². The molecule has 0 saturated carbocycles. The highest BCUT2D eigenvalue weighted by atomic mass is 16.5. The maximum Gasteiger partial charge on any atom is 0.0700 e. The fraction of sp³-hybridized carbons (Fsp3) is 1.00. The van der Waals surface area contributed by atoms with Crippen LogP contribution in [-0.2, 0) is 4.74 Å². The largest absolute Gasteiger partial charge is 0.377 e. The minimum atomic E-state index is 0.485. The van der Waals surface area contributed by atoms with Gasteiger partial charge in [0.2, 0.25) is 0 Å². The van der Waals surface area contributed by atoms with Crippen molar-refractivity contribution in [2.75, 3.05) is 32.8 Å². The van der Waals surface area contributed by atoms with E-state index in [1.54, 1.807) is 0 Å². The molecule has 1 aliphatic heterocycles. The van der Waals surface area contributed by atoms with Gasteiger partial charge in [-0.15, -0.1) is 0 Å². The van der Waals surface area contributed by atoms with Crippen LogP contribution in [0.4, 0.5) is 0 Å². The molecule has 0 aromatic rings. The highest BCUT2D eigenvalue weighted by Crippen LogP contribution is 2.10. The third-order valence-electron chi connectivity index (χ3n) is 2.53. The fourth-order valence-electron chi connectivity index (χ4n) is 1.71. The van der Waals surface area contributed by atoms with Crippen molar-refractivity contribution in [3.63, 3.8) is 0 Å². The summed E-state index contributed by atoms with van der Waals surface area (Å²) in [5.41, 5.74) is 0. The SMILES string of the molecule is CCCNCCCNC[C@@H]1CCCO1. The van der Waals surface area contributed by atoms with Gasteiger partial charge in [-0.3, -0.25) is 0 Å². The zero-order chi connectivity index (χ0) is 10.1. The molecule has 1 heterocycles. The predicted molar refractivity (Wildman–Crippen MR) is 59.6 cm³/mol. The molecule has 1 fully saturated rings. The van der Waals surface area contributed by atoms with Gasteiger partial charge in [-0.25, -0.2) is 0 Å². The van der Waals surface area contributed by atoms with E-state index in [2.05, 4.69) is 17.6 Å². The van der Waals surface area contributed by atoms with Crippen molar-refractivity contribution < 1.29 is 4.74 Å². The van der Waals surface area contributed by atoms with Gasteiger partial charge >= 0.3 is 0 Å². The Labute approximate surface area is 87.6 Å². The van der Waals surface area contributed by atoms with Crippen LogP contribution < -0.4 is 10.6 Å². The Morgan fingerprint density at radius 1 is 1.21 bits per heavy atom. The standard InChI is InChI=1S/C11H24N2O/c1-2-6-12-7-4-8-13-10-11-5-3-9-14-11/h11-13H,2-10H2,1H3/t11-/m0/s1. The van der Waals surface area contributed by atoms with Gasteiger partial charge in [0.15, 0.2) is 0 Å². The van der Waals surface area contributed by atoms with E-state index >= 15 is 0 Å². The third kappa shape index (κ3) is 5.58. The van der Waals surface area contributed by atoms with Crippen LogP contribution in [0.15, 0.2) is 0 Å². The molecule has 84 valence electrons. The summed E-state index contributed by atoms with van der Waals surface area (Å²) in [5.74, 6) is 0. The van der Waals surface area contributed by atoms with Crippen molar-refractivity contribution >= 4 is 0 Å². The summed E-state index contributed by atoms with van der Waals surface area (Å²) in [7, 11) is 0. The van der Waals surface area contributed by atoms with E-state index in [9.17, 15) is 0 Å². The Hall–Kier alpha value is -0.120. The third-order valence-corrected chi connectivity index (χ3v) is 2.53. The Bertz CT molecular complexity index is 124. The second-order valence-electron chi connectivity index (χ2n) is 3.94. The lowest BCUT2D eigenvalue weighted by Crippen LogP contribution is -2.29. The molecule has 1 rings (SSSR count). The summed E-state index contributed by atoms with van der Waals surface area (Å²) in [5, 5.41) is 6.83. The molecule has 0 amide bonds. The van der Waals surface area contributed by atoms with Crippen molar-refractivity contribution in [1.29, 1.82) is 0 Å². The Kier molecular flexibility index (Phi) is 7.01. The van der Waals surface area contributed by atoms with Crippen LogP contribution in [0.25, 0.3) is 0 Å². The Morgan fingerprint density at radius 3 is 2.79 bits per heavy atom. The molecule has 0 unspecified atom stereocenters. The van der Waals surface area contributed by atoms with E-state index in [0.717, 1.165) is 32.8 Å². The first-order valence-electron chi connectivity index (χ1n) is 5.96. The van der Waals surface area contributed by atoms with Crippen LogP contribution >= 0.6 is 0 Å². The summed E-state index contributed by atoms with van der Waals surface area (Å²) in [4.78, 5) is 0. The van der Waals surface area contributed by atoms with Crippen LogP contribution in [0.3, 0.4) is 0 Å². The van der Waals surface area contributed by atoms with Gasteiger partial charge in [-0.05, 0) is 45.3 Å². The van der Waals surface area contributed by atoms with Gasteiger partial charge in [0.25, 0.3) is 0 Å². The van der Waals surface area contributed by atoms with Crippen molar-refractivity contribution in [2.45, 2.75) is 38.7 Å². The highest BCUT2D eigenvalue weighted by molar-refractivity contribution is 4.67. The van der Waals surface area contributed by atoms with Crippen molar-refractivity contribution in [2.24, 2.45) is 0 Å². The number of hydrogen-bond acceptors (Lipinski definition) is 3. The quantitative estimate of drug-likeness (QED) is 0.577. The molecule has 0 aliphatic carbocycles. The number of ether oxygens (including phenoxy) is 1. The number of rotatable bonds is 8. The fourth-order valence-corrected chi connectivity index (χ4v) is 1.71. The predicted octanol–water partition coefficient (Wildman–Crippen LogP) is 1.14. The number of nitrogens with one attached hydrogen (secondary N) is 2. The van der Waals surface area contributed by atoms with E-state index in [1.807, 2.05) is 0 Å². The maximum absolute atomic E-state index is 5.52. The molecule has 0 radical (unpaired) electrons. The lowest BCUT2D eigenvalue weighted by atomic mass is 10.2. The van der Waals surface area contributed by atoms with Crippen LogP contribution in [-0.4, -0.2) is 38.9 Å². The first-order chi connectivity index (χ1) is 6.93. The first kappa shape index (κ1) is 12.0. The van der Waals surface area contributed by atoms with Gasteiger partial charge in [0, 0.05) is 13.2 Å². The molecule has 1 aliphatic rings. The molecule has 0 aromatic heterocycles. The molecule has 14 heavy (non-hydrogen) atoms. The molecular formula is C11H24N2O. The summed E-state index contributed by atoms with van der Waals surface area (Å²) in [6.07, 6.45) is 5.40. The summed E-state index contributed by atoms with van der Waals surface area (Å²) in [6, 6.07) is 0. The maximum atomic E-state index is 5.52. The lowest BCUT2D eigenvalue weighted by Gasteiger charge is -2.10. The highest BCUT2D eigenvalue weighted by Gasteiger charge is 2.13. The van der Waals surface area contributed by atoms with Crippen molar-refractivity contribution in [1.82, 2.24) is 10.6 Å². The first-order valence-corrected chi connectivity index (χ1v) is 5.96. The zero-order valence-corrected chi connectivity index (χ0v) is 9.35. The van der Waals surface area contributed by atoms with Crippen LogP contribution in [0.5, 0.6) is 0 Å². The Balaban J connectivity index is 1.75. The van der Waals surface area contributed by atoms with E-state index < -0.39 is 0 Å². The molecule has 3 nitrogen and oxygen atoms in total. The molecule has 1 saturated heterocycles. The zero-order valence-electron chi connectivity index (χ0n) is 9.35. The van der Waals surface area contributed by atoms with Crippen molar-refractivity contribution in [3.8, 4) is 0 Å². The molecule has 2 N–H and O–H groups in total. The van der Waals surface area contributed by atoms with Crippen LogP contribution in [0, 0.1) is 0 Å². The minimum Gasteiger partial charge on any atom is -0.377 e. The lowest BCUT2D eigenvalue weighted by molar-refractivity contribution is 0.110. The summed E-state index contributed by atoms with van der Waals surface area (Å²) >= 11 is 0. The molecular weight excluding hydrogens is 176 g/mol. The van der Waals surface area contributed by atoms with E-state index in [1.165, 1.54) is 25.7 Å². The summed E-state index contributed by atoms with van der Waals surface area (Å²) in [6.45, 7) is 7.58. The minimum absolute atomic E-state index is 0.485. The van der Waals surface area contributed by atoms with E-state index in [-0.39, 0.29) is 0 Å². The van der Waals surface area contributed by atoms with E-state index in [4.69, 9.17) is 4.74 Å². The topological polar surface area (TPSA) is 33.3 Å². The molecule has 0 bridgehead atoms. The van der Waals surface area contributed by atoms with Gasteiger partial charge in [0.05, 0.1) is 6.10 Å². The average Bonchev–Trinajstić information content (AvgIpc) is 2.69. The smallest absolute Gasteiger partial charge is 0.0700 e. The second-order valence-corrected chi connectivity index (χ2v) is 3.94. The molecule has 0 aromatic carbocycles. The Morgan fingerprint density at radius 2 is 2.07 bits per heavy atom. The van der Waals surface area contributed by atoms with Crippen LogP contribution in [0.2, 0.25) is 0 Å². The second kappa shape index (κ2) is 8.21. The molecule has 0 spiro atoms. The number of hydrogen-bond donors (Lipinski definition) is 2. The van der Waals surface area contributed by atoms with E-state index in [0.29, 0.717) is 6.10 Å². The average molecular weight is 200 g/mol. The van der Waals surface area contributed by atoms with Crippen LogP contribution in [0.1, 0.15) is 32.6 Å². The van der Waals surface area contributed by atoms with Crippen molar-refractivity contribution in [3.05, 3.63) is 0 Å². The normalized spacial score (nSPS) is 21.6. The van der Waals surface area contributed by atoms with Gasteiger partial charge in [-0.1, -0.05) is 6.92 Å². The molecule has 3 heteroatoms. The molecule has 1 atom stereocenters. The summed E-state index contributed by atoms with van der Waals surface area (Å²) < 4.78 is 5.52.